The zero-order chi connectivity index (χ0) is 15.5. The first kappa shape index (κ1) is 16.7. The Kier molecular flexibility index (Phi) is 7.55. The van der Waals surface area contributed by atoms with Crippen LogP contribution in [0.2, 0.25) is 0 Å². The van der Waals surface area contributed by atoms with Crippen molar-refractivity contribution in [3.05, 3.63) is 25.0 Å². The van der Waals surface area contributed by atoms with Gasteiger partial charge in [0.25, 0.3) is 0 Å². The van der Waals surface area contributed by atoms with E-state index in [1.54, 1.807) is 31.1 Å². The predicted octanol–water partition coefficient (Wildman–Crippen LogP) is -0.522. The maximum Gasteiger partial charge on any atom is 0.243 e. The molecule has 1 heterocycles. The van der Waals surface area contributed by atoms with E-state index in [1.165, 1.54) is 4.90 Å². The van der Waals surface area contributed by atoms with Gasteiger partial charge < -0.3 is 15.5 Å². The van der Waals surface area contributed by atoms with Crippen molar-refractivity contribution in [2.24, 2.45) is 4.99 Å². The second-order valence-electron chi connectivity index (χ2n) is 4.57. The van der Waals surface area contributed by atoms with Gasteiger partial charge in [0.15, 0.2) is 5.96 Å². The van der Waals surface area contributed by atoms with E-state index in [-0.39, 0.29) is 12.5 Å². The van der Waals surface area contributed by atoms with Crippen molar-refractivity contribution >= 4 is 11.9 Å². The molecule has 21 heavy (non-hydrogen) atoms. The van der Waals surface area contributed by atoms with Crippen molar-refractivity contribution in [2.75, 3.05) is 33.7 Å². The summed E-state index contributed by atoms with van der Waals surface area (Å²) in [5, 5.41) is 13.9. The molecule has 8 nitrogen and oxygen atoms in total. The van der Waals surface area contributed by atoms with Gasteiger partial charge in [0.05, 0.1) is 6.20 Å². The van der Waals surface area contributed by atoms with E-state index in [1.807, 2.05) is 6.20 Å². The number of hydrogen-bond donors (Lipinski definition) is 2. The Morgan fingerprint density at radius 2 is 2.29 bits per heavy atom. The molecule has 0 bridgehead atoms. The van der Waals surface area contributed by atoms with Crippen molar-refractivity contribution in [1.29, 1.82) is 0 Å². The standard InChI is InChI=1S/C13H23N7O/c1-4-6-14-13(16-11-12(21)19(2)3)15-7-5-9-20-10-8-17-18-20/h4,8,10H,1,5-7,9,11H2,2-3H3,(H2,14,15,16). The van der Waals surface area contributed by atoms with Crippen LogP contribution in [0.15, 0.2) is 30.0 Å². The SMILES string of the molecule is C=CCNC(=NCC(=O)N(C)C)NCCCn1ccnn1. The number of amides is 1. The Labute approximate surface area is 124 Å². The van der Waals surface area contributed by atoms with Crippen LogP contribution >= 0.6 is 0 Å². The van der Waals surface area contributed by atoms with Crippen molar-refractivity contribution in [3.63, 3.8) is 0 Å². The van der Waals surface area contributed by atoms with E-state index in [0.29, 0.717) is 12.5 Å². The normalized spacial score (nSPS) is 11.0. The molecule has 1 rings (SSSR count). The van der Waals surface area contributed by atoms with E-state index >= 15 is 0 Å². The van der Waals surface area contributed by atoms with Gasteiger partial charge >= 0.3 is 0 Å². The minimum atomic E-state index is -0.0441. The Hall–Kier alpha value is -2.38. The molecule has 1 aromatic rings. The largest absolute Gasteiger partial charge is 0.356 e. The third kappa shape index (κ3) is 7.09. The lowest BCUT2D eigenvalue weighted by atomic mass is 10.4. The Morgan fingerprint density at radius 3 is 2.90 bits per heavy atom. The number of nitrogens with zero attached hydrogens (tertiary/aromatic N) is 5. The molecule has 0 spiro atoms. The van der Waals surface area contributed by atoms with Crippen LogP contribution in [-0.4, -0.2) is 65.5 Å². The predicted molar refractivity (Wildman–Crippen MR) is 81.8 cm³/mol. The lowest BCUT2D eigenvalue weighted by Gasteiger charge is -2.12. The monoisotopic (exact) mass is 293 g/mol. The maximum absolute atomic E-state index is 11.5. The van der Waals surface area contributed by atoms with Gasteiger partial charge in [-0.3, -0.25) is 9.48 Å². The Balaban J connectivity index is 2.36. The fourth-order valence-corrected chi connectivity index (χ4v) is 1.43. The second kappa shape index (κ2) is 9.51. The lowest BCUT2D eigenvalue weighted by Crippen LogP contribution is -2.39. The second-order valence-corrected chi connectivity index (χ2v) is 4.57. The lowest BCUT2D eigenvalue weighted by molar-refractivity contribution is -0.127. The molecule has 2 N–H and O–H groups in total. The molecule has 0 saturated heterocycles. The molecule has 0 unspecified atom stereocenters. The summed E-state index contributed by atoms with van der Waals surface area (Å²) < 4.78 is 1.77. The van der Waals surface area contributed by atoms with Gasteiger partial charge in [0.1, 0.15) is 6.54 Å². The molecule has 0 radical (unpaired) electrons. The number of carbonyl (C=O) groups excluding carboxylic acids is 1. The number of likely N-dealkylation sites (N-methyl/N-ethyl adjacent to an activating group) is 1. The number of aryl methyl sites for hydroxylation is 1. The van der Waals surface area contributed by atoms with Crippen LogP contribution in [-0.2, 0) is 11.3 Å². The molecule has 0 aromatic carbocycles. The summed E-state index contributed by atoms with van der Waals surface area (Å²) in [7, 11) is 3.42. The topological polar surface area (TPSA) is 87.4 Å². The van der Waals surface area contributed by atoms with Crippen molar-refractivity contribution in [1.82, 2.24) is 30.5 Å². The molecule has 0 aliphatic heterocycles. The van der Waals surface area contributed by atoms with Crippen LogP contribution in [0.1, 0.15) is 6.42 Å². The third-order valence-electron chi connectivity index (χ3n) is 2.61. The van der Waals surface area contributed by atoms with Crippen LogP contribution in [0.3, 0.4) is 0 Å². The third-order valence-corrected chi connectivity index (χ3v) is 2.61. The van der Waals surface area contributed by atoms with E-state index in [2.05, 4.69) is 32.5 Å². The maximum atomic E-state index is 11.5. The summed E-state index contributed by atoms with van der Waals surface area (Å²) in [6.45, 7) is 5.85. The highest BCUT2D eigenvalue weighted by atomic mass is 16.2. The number of hydrogen-bond acceptors (Lipinski definition) is 4. The van der Waals surface area contributed by atoms with Crippen LogP contribution in [0, 0.1) is 0 Å². The van der Waals surface area contributed by atoms with Crippen LogP contribution in [0.25, 0.3) is 0 Å². The molecular weight excluding hydrogens is 270 g/mol. The molecule has 0 aliphatic carbocycles. The van der Waals surface area contributed by atoms with Gasteiger partial charge in [-0.25, -0.2) is 4.99 Å². The summed E-state index contributed by atoms with van der Waals surface area (Å²) in [6.07, 6.45) is 6.08. The summed E-state index contributed by atoms with van der Waals surface area (Å²) in [4.78, 5) is 17.3. The van der Waals surface area contributed by atoms with Gasteiger partial charge in [0, 0.05) is 39.9 Å². The summed E-state index contributed by atoms with van der Waals surface area (Å²) in [5.41, 5.74) is 0. The number of aliphatic imine (C=N–C) groups is 1. The fourth-order valence-electron chi connectivity index (χ4n) is 1.43. The fraction of sp³-hybridized carbons (Fsp3) is 0.538. The van der Waals surface area contributed by atoms with Gasteiger partial charge in [0.2, 0.25) is 5.91 Å². The molecule has 1 amide bonds. The highest BCUT2D eigenvalue weighted by Crippen LogP contribution is 1.86. The number of guanidine groups is 1. The zero-order valence-corrected chi connectivity index (χ0v) is 12.6. The molecule has 1 aromatic heterocycles. The van der Waals surface area contributed by atoms with E-state index < -0.39 is 0 Å². The molecule has 0 saturated carbocycles. The minimum Gasteiger partial charge on any atom is -0.356 e. The van der Waals surface area contributed by atoms with E-state index in [9.17, 15) is 4.79 Å². The van der Waals surface area contributed by atoms with Gasteiger partial charge in [-0.15, -0.1) is 11.7 Å². The highest BCUT2D eigenvalue weighted by Gasteiger charge is 2.03. The van der Waals surface area contributed by atoms with E-state index in [4.69, 9.17) is 0 Å². The average molecular weight is 293 g/mol. The van der Waals surface area contributed by atoms with Crippen LogP contribution in [0.5, 0.6) is 0 Å². The minimum absolute atomic E-state index is 0.0441. The van der Waals surface area contributed by atoms with Crippen molar-refractivity contribution < 1.29 is 4.79 Å². The van der Waals surface area contributed by atoms with Gasteiger partial charge in [-0.2, -0.15) is 0 Å². The zero-order valence-electron chi connectivity index (χ0n) is 12.6. The van der Waals surface area contributed by atoms with Crippen LogP contribution in [0.4, 0.5) is 0 Å². The van der Waals surface area contributed by atoms with Crippen molar-refractivity contribution in [2.45, 2.75) is 13.0 Å². The molecule has 0 aliphatic rings. The quantitative estimate of drug-likeness (QED) is 0.291. The smallest absolute Gasteiger partial charge is 0.243 e. The summed E-state index contributed by atoms with van der Waals surface area (Å²) >= 11 is 0. The molecular formula is C13H23N7O. The first-order valence-corrected chi connectivity index (χ1v) is 6.81. The van der Waals surface area contributed by atoms with Gasteiger partial charge in [-0.1, -0.05) is 11.3 Å². The molecule has 116 valence electrons. The summed E-state index contributed by atoms with van der Waals surface area (Å²) in [6, 6.07) is 0. The number of rotatable bonds is 8. The first-order valence-electron chi connectivity index (χ1n) is 6.81. The number of nitrogens with one attached hydrogen (secondary N) is 2. The van der Waals surface area contributed by atoms with Gasteiger partial charge in [-0.05, 0) is 6.42 Å². The van der Waals surface area contributed by atoms with Crippen LogP contribution < -0.4 is 10.6 Å². The van der Waals surface area contributed by atoms with E-state index in [0.717, 1.165) is 19.5 Å². The first-order chi connectivity index (χ1) is 10.1. The number of aromatic nitrogens is 3. The Bertz CT molecular complexity index is 453. The molecule has 0 atom stereocenters. The number of carbonyl (C=O) groups is 1. The van der Waals surface area contributed by atoms with Crippen molar-refractivity contribution in [3.8, 4) is 0 Å². The molecule has 0 fully saturated rings. The highest BCUT2D eigenvalue weighted by molar-refractivity contribution is 5.84. The Morgan fingerprint density at radius 1 is 1.48 bits per heavy atom. The molecule has 8 heteroatoms. The average Bonchev–Trinajstić information content (AvgIpc) is 2.98. The summed E-state index contributed by atoms with van der Waals surface area (Å²) in [5.74, 6) is 0.556.